The average Bonchev–Trinajstić information content (AvgIpc) is 3.09. The smallest absolute Gasteiger partial charge is 0.223 e. The van der Waals surface area contributed by atoms with Gasteiger partial charge in [0, 0.05) is 38.0 Å². The number of nitrogens with zero attached hydrogens (tertiary/aromatic N) is 2. The van der Waals surface area contributed by atoms with Gasteiger partial charge in [0.05, 0.1) is 7.11 Å². The molecule has 2 aromatic carbocycles. The third kappa shape index (κ3) is 4.58. The quantitative estimate of drug-likeness (QED) is 0.706. The predicted molar refractivity (Wildman–Crippen MR) is 116 cm³/mol. The van der Waals surface area contributed by atoms with Crippen LogP contribution in [0.25, 0.3) is 0 Å². The molecule has 2 amide bonds. The van der Waals surface area contributed by atoms with Gasteiger partial charge in [-0.15, -0.1) is 0 Å². The summed E-state index contributed by atoms with van der Waals surface area (Å²) in [6.45, 7) is 1.83. The van der Waals surface area contributed by atoms with E-state index < -0.39 is 0 Å². The second-order valence-corrected chi connectivity index (χ2v) is 8.52. The average molecular weight is 425 g/mol. The standard InChI is InChI=1S/C25H29FN2O3/c1-31-22-5-3-2-4-20(22)8-11-23(29)27-16-14-25(15-17-27)13-12-24(30)28(25)18-19-6-9-21(26)10-7-19/h2-7,9-10H,8,11-18H2,1H3. The van der Waals surface area contributed by atoms with Crippen LogP contribution in [0.1, 0.15) is 43.2 Å². The zero-order chi connectivity index (χ0) is 21.8. The molecule has 0 bridgehead atoms. The summed E-state index contributed by atoms with van der Waals surface area (Å²) in [7, 11) is 1.64. The van der Waals surface area contributed by atoms with E-state index in [1.807, 2.05) is 34.1 Å². The first-order valence-corrected chi connectivity index (χ1v) is 11.0. The number of rotatable bonds is 6. The molecule has 0 saturated carbocycles. The summed E-state index contributed by atoms with van der Waals surface area (Å²) in [6.07, 6.45) is 4.06. The van der Waals surface area contributed by atoms with E-state index in [2.05, 4.69) is 0 Å². The van der Waals surface area contributed by atoms with Gasteiger partial charge in [0.1, 0.15) is 11.6 Å². The van der Waals surface area contributed by atoms with Crippen molar-refractivity contribution < 1.29 is 18.7 Å². The minimum absolute atomic E-state index is 0.148. The molecule has 4 rings (SSSR count). The van der Waals surface area contributed by atoms with E-state index in [1.165, 1.54) is 12.1 Å². The van der Waals surface area contributed by atoms with E-state index in [0.717, 1.165) is 36.1 Å². The largest absolute Gasteiger partial charge is 0.496 e. The zero-order valence-corrected chi connectivity index (χ0v) is 18.0. The molecule has 2 aromatic rings. The maximum absolute atomic E-state index is 13.2. The Morgan fingerprint density at radius 1 is 1.06 bits per heavy atom. The van der Waals surface area contributed by atoms with Gasteiger partial charge in [-0.3, -0.25) is 9.59 Å². The third-order valence-corrected chi connectivity index (χ3v) is 6.78. The van der Waals surface area contributed by atoms with Crippen molar-refractivity contribution in [2.45, 2.75) is 50.6 Å². The number of likely N-dealkylation sites (tertiary alicyclic amines) is 2. The van der Waals surface area contributed by atoms with Gasteiger partial charge in [-0.05, 0) is 55.0 Å². The topological polar surface area (TPSA) is 49.9 Å². The van der Waals surface area contributed by atoms with Crippen LogP contribution < -0.4 is 4.74 Å². The highest BCUT2D eigenvalue weighted by molar-refractivity contribution is 5.80. The van der Waals surface area contributed by atoms with Crippen LogP contribution in [-0.4, -0.2) is 47.4 Å². The first-order chi connectivity index (χ1) is 15.0. The lowest BCUT2D eigenvalue weighted by Gasteiger charge is -2.45. The molecule has 0 aromatic heterocycles. The van der Waals surface area contributed by atoms with Gasteiger partial charge in [-0.2, -0.15) is 0 Å². The number of methoxy groups -OCH3 is 1. The van der Waals surface area contributed by atoms with Crippen LogP contribution in [0.4, 0.5) is 4.39 Å². The first-order valence-electron chi connectivity index (χ1n) is 11.0. The summed E-state index contributed by atoms with van der Waals surface area (Å²) in [4.78, 5) is 29.3. The zero-order valence-electron chi connectivity index (χ0n) is 18.0. The molecule has 0 atom stereocenters. The van der Waals surface area contributed by atoms with Gasteiger partial charge in [0.15, 0.2) is 0 Å². The Morgan fingerprint density at radius 2 is 1.77 bits per heavy atom. The second kappa shape index (κ2) is 9.08. The van der Waals surface area contributed by atoms with E-state index in [0.29, 0.717) is 38.9 Å². The monoisotopic (exact) mass is 424 g/mol. The minimum Gasteiger partial charge on any atom is -0.496 e. The second-order valence-electron chi connectivity index (χ2n) is 8.52. The Balaban J connectivity index is 1.35. The Bertz CT molecular complexity index is 936. The molecule has 2 fully saturated rings. The number of carbonyl (C=O) groups excluding carboxylic acids is 2. The number of halogens is 1. The molecule has 0 unspecified atom stereocenters. The lowest BCUT2D eigenvalue weighted by molar-refractivity contribution is -0.137. The molecule has 1 spiro atoms. The summed E-state index contributed by atoms with van der Waals surface area (Å²) >= 11 is 0. The van der Waals surface area contributed by atoms with Crippen molar-refractivity contribution >= 4 is 11.8 Å². The number of benzene rings is 2. The number of aryl methyl sites for hydroxylation is 1. The molecule has 164 valence electrons. The van der Waals surface area contributed by atoms with Gasteiger partial charge in [0.2, 0.25) is 11.8 Å². The highest BCUT2D eigenvalue weighted by atomic mass is 19.1. The summed E-state index contributed by atoms with van der Waals surface area (Å²) in [6, 6.07) is 14.1. The number of carbonyl (C=O) groups is 2. The molecule has 5 nitrogen and oxygen atoms in total. The van der Waals surface area contributed by atoms with Crippen molar-refractivity contribution in [3.05, 3.63) is 65.5 Å². The van der Waals surface area contributed by atoms with Gasteiger partial charge in [-0.25, -0.2) is 4.39 Å². The maximum atomic E-state index is 13.2. The number of ether oxygens (including phenoxy) is 1. The molecule has 2 aliphatic rings. The number of para-hydroxylation sites is 1. The van der Waals surface area contributed by atoms with Crippen molar-refractivity contribution in [2.75, 3.05) is 20.2 Å². The van der Waals surface area contributed by atoms with Crippen LogP contribution in [0.2, 0.25) is 0 Å². The highest BCUT2D eigenvalue weighted by Gasteiger charge is 2.47. The molecule has 0 radical (unpaired) electrons. The SMILES string of the molecule is COc1ccccc1CCC(=O)N1CCC2(CCC(=O)N2Cc2ccc(F)cc2)CC1. The van der Waals surface area contributed by atoms with E-state index in [9.17, 15) is 14.0 Å². The van der Waals surface area contributed by atoms with E-state index in [1.54, 1.807) is 19.2 Å². The fourth-order valence-corrected chi connectivity index (χ4v) is 4.90. The van der Waals surface area contributed by atoms with Crippen LogP contribution in [0.15, 0.2) is 48.5 Å². The van der Waals surface area contributed by atoms with Crippen LogP contribution in [0.5, 0.6) is 5.75 Å². The Labute approximate surface area is 182 Å². The van der Waals surface area contributed by atoms with Crippen molar-refractivity contribution in [3.8, 4) is 5.75 Å². The van der Waals surface area contributed by atoms with Crippen molar-refractivity contribution in [1.29, 1.82) is 0 Å². The minimum atomic E-state index is -0.272. The number of amides is 2. The number of hydrogen-bond donors (Lipinski definition) is 0. The number of hydrogen-bond acceptors (Lipinski definition) is 3. The lowest BCUT2D eigenvalue weighted by Crippen LogP contribution is -2.53. The normalized spacial score (nSPS) is 17.9. The lowest BCUT2D eigenvalue weighted by atomic mass is 9.84. The molecular formula is C25H29FN2O3. The van der Waals surface area contributed by atoms with E-state index in [-0.39, 0.29) is 23.2 Å². The van der Waals surface area contributed by atoms with Crippen molar-refractivity contribution in [2.24, 2.45) is 0 Å². The third-order valence-electron chi connectivity index (χ3n) is 6.78. The predicted octanol–water partition coefficient (Wildman–Crippen LogP) is 3.95. The molecule has 2 aliphatic heterocycles. The molecule has 2 heterocycles. The summed E-state index contributed by atoms with van der Waals surface area (Å²) in [5.74, 6) is 0.843. The number of piperidine rings is 1. The molecule has 0 aliphatic carbocycles. The molecule has 2 saturated heterocycles. The van der Waals surface area contributed by atoms with Crippen molar-refractivity contribution in [1.82, 2.24) is 9.80 Å². The molecule has 31 heavy (non-hydrogen) atoms. The van der Waals surface area contributed by atoms with Gasteiger partial charge in [-0.1, -0.05) is 30.3 Å². The Kier molecular flexibility index (Phi) is 6.25. The van der Waals surface area contributed by atoms with Crippen LogP contribution in [0, 0.1) is 5.82 Å². The van der Waals surface area contributed by atoms with Crippen LogP contribution >= 0.6 is 0 Å². The Morgan fingerprint density at radius 3 is 2.48 bits per heavy atom. The van der Waals surface area contributed by atoms with Gasteiger partial charge in [0.25, 0.3) is 0 Å². The van der Waals surface area contributed by atoms with Gasteiger partial charge < -0.3 is 14.5 Å². The molecule has 0 N–H and O–H groups in total. The Hall–Kier alpha value is -2.89. The van der Waals surface area contributed by atoms with E-state index in [4.69, 9.17) is 4.74 Å². The van der Waals surface area contributed by atoms with Crippen LogP contribution in [-0.2, 0) is 22.6 Å². The summed E-state index contributed by atoms with van der Waals surface area (Å²) in [5.41, 5.74) is 1.79. The fraction of sp³-hybridized carbons (Fsp3) is 0.440. The summed E-state index contributed by atoms with van der Waals surface area (Å²) in [5, 5.41) is 0. The highest BCUT2D eigenvalue weighted by Crippen LogP contribution is 2.40. The summed E-state index contributed by atoms with van der Waals surface area (Å²) < 4.78 is 18.6. The van der Waals surface area contributed by atoms with Crippen LogP contribution in [0.3, 0.4) is 0 Å². The fourth-order valence-electron chi connectivity index (χ4n) is 4.90. The van der Waals surface area contributed by atoms with Gasteiger partial charge >= 0.3 is 0 Å². The first kappa shape index (κ1) is 21.3. The van der Waals surface area contributed by atoms with E-state index >= 15 is 0 Å². The maximum Gasteiger partial charge on any atom is 0.223 e. The van der Waals surface area contributed by atoms with Crippen molar-refractivity contribution in [3.63, 3.8) is 0 Å². The molecular weight excluding hydrogens is 395 g/mol. The molecule has 6 heteroatoms.